The van der Waals surface area contributed by atoms with Crippen molar-refractivity contribution in [2.75, 3.05) is 23.9 Å². The molecular formula is C12H16N2O2. The third-order valence-corrected chi connectivity index (χ3v) is 2.46. The molecule has 86 valence electrons. The molecule has 0 saturated heterocycles. The van der Waals surface area contributed by atoms with Gasteiger partial charge in [-0.3, -0.25) is 9.59 Å². The van der Waals surface area contributed by atoms with Gasteiger partial charge in [-0.2, -0.15) is 0 Å². The molecule has 0 fully saturated rings. The van der Waals surface area contributed by atoms with Crippen molar-refractivity contribution in [2.24, 2.45) is 0 Å². The van der Waals surface area contributed by atoms with Gasteiger partial charge in [0, 0.05) is 20.5 Å². The van der Waals surface area contributed by atoms with E-state index in [1.807, 2.05) is 31.2 Å². The Kier molecular flexibility index (Phi) is 4.05. The van der Waals surface area contributed by atoms with Crippen molar-refractivity contribution in [3.63, 3.8) is 0 Å². The summed E-state index contributed by atoms with van der Waals surface area (Å²) in [5.74, 6) is 0.0201. The SMILES string of the molecule is CCC(=O)N(C)c1ccccc1N(C)C=O. The second-order valence-electron chi connectivity index (χ2n) is 3.51. The van der Waals surface area contributed by atoms with Gasteiger partial charge in [-0.1, -0.05) is 19.1 Å². The minimum absolute atomic E-state index is 0.0201. The summed E-state index contributed by atoms with van der Waals surface area (Å²) in [6.07, 6.45) is 1.17. The number of carbonyl (C=O) groups is 2. The Bertz CT molecular complexity index is 390. The molecule has 0 spiro atoms. The van der Waals surface area contributed by atoms with Crippen LogP contribution in [0.15, 0.2) is 24.3 Å². The van der Waals surface area contributed by atoms with E-state index in [0.29, 0.717) is 6.42 Å². The van der Waals surface area contributed by atoms with Crippen LogP contribution in [0.2, 0.25) is 0 Å². The molecule has 0 radical (unpaired) electrons. The summed E-state index contributed by atoms with van der Waals surface area (Å²) >= 11 is 0. The van der Waals surface area contributed by atoms with E-state index >= 15 is 0 Å². The molecule has 0 N–H and O–H groups in total. The lowest BCUT2D eigenvalue weighted by Crippen LogP contribution is -2.27. The summed E-state index contributed by atoms with van der Waals surface area (Å²) in [5, 5.41) is 0. The summed E-state index contributed by atoms with van der Waals surface area (Å²) in [5.41, 5.74) is 1.46. The first-order chi connectivity index (χ1) is 7.61. The van der Waals surface area contributed by atoms with Crippen LogP contribution >= 0.6 is 0 Å². The Morgan fingerprint density at radius 2 is 1.81 bits per heavy atom. The summed E-state index contributed by atoms with van der Waals surface area (Å²) < 4.78 is 0. The number of carbonyl (C=O) groups excluding carboxylic acids is 2. The van der Waals surface area contributed by atoms with Crippen molar-refractivity contribution in [2.45, 2.75) is 13.3 Å². The molecule has 1 rings (SSSR count). The van der Waals surface area contributed by atoms with Crippen molar-refractivity contribution >= 4 is 23.7 Å². The van der Waals surface area contributed by atoms with Gasteiger partial charge in [0.25, 0.3) is 0 Å². The van der Waals surface area contributed by atoms with E-state index in [1.54, 1.807) is 19.0 Å². The molecule has 0 aliphatic carbocycles. The maximum atomic E-state index is 11.6. The van der Waals surface area contributed by atoms with E-state index in [2.05, 4.69) is 0 Å². The van der Waals surface area contributed by atoms with Crippen LogP contribution in [0.5, 0.6) is 0 Å². The van der Waals surface area contributed by atoms with E-state index in [9.17, 15) is 9.59 Å². The second kappa shape index (κ2) is 5.30. The molecule has 4 nitrogen and oxygen atoms in total. The van der Waals surface area contributed by atoms with Crippen molar-refractivity contribution in [1.29, 1.82) is 0 Å². The molecule has 1 aromatic rings. The predicted molar refractivity (Wildman–Crippen MR) is 64.6 cm³/mol. The third-order valence-electron chi connectivity index (χ3n) is 2.46. The van der Waals surface area contributed by atoms with Gasteiger partial charge >= 0.3 is 0 Å². The van der Waals surface area contributed by atoms with Gasteiger partial charge in [0.05, 0.1) is 11.4 Å². The van der Waals surface area contributed by atoms with Gasteiger partial charge in [-0.15, -0.1) is 0 Å². The molecule has 1 aromatic carbocycles. The average molecular weight is 220 g/mol. The van der Waals surface area contributed by atoms with E-state index in [4.69, 9.17) is 0 Å². The van der Waals surface area contributed by atoms with Crippen LogP contribution in [0.3, 0.4) is 0 Å². The molecule has 0 saturated carbocycles. The fourth-order valence-corrected chi connectivity index (χ4v) is 1.47. The Hall–Kier alpha value is -1.84. The third kappa shape index (κ3) is 2.39. The highest BCUT2D eigenvalue weighted by molar-refractivity contribution is 5.97. The molecule has 0 bridgehead atoms. The number of rotatable bonds is 4. The van der Waals surface area contributed by atoms with Gasteiger partial charge in [0.15, 0.2) is 0 Å². The lowest BCUT2D eigenvalue weighted by molar-refractivity contribution is -0.118. The first-order valence-electron chi connectivity index (χ1n) is 5.15. The largest absolute Gasteiger partial charge is 0.316 e. The molecule has 0 aromatic heterocycles. The monoisotopic (exact) mass is 220 g/mol. The molecule has 16 heavy (non-hydrogen) atoms. The van der Waals surface area contributed by atoms with Crippen LogP contribution in [0.1, 0.15) is 13.3 Å². The fourth-order valence-electron chi connectivity index (χ4n) is 1.47. The van der Waals surface area contributed by atoms with Crippen LogP contribution in [-0.2, 0) is 9.59 Å². The summed E-state index contributed by atoms with van der Waals surface area (Å²) in [4.78, 5) is 25.4. The first-order valence-corrected chi connectivity index (χ1v) is 5.15. The maximum Gasteiger partial charge on any atom is 0.226 e. The van der Waals surface area contributed by atoms with Crippen molar-refractivity contribution in [1.82, 2.24) is 0 Å². The van der Waals surface area contributed by atoms with Crippen molar-refractivity contribution in [3.05, 3.63) is 24.3 Å². The molecule has 0 atom stereocenters. The normalized spacial score (nSPS) is 9.69. The van der Waals surface area contributed by atoms with Crippen molar-refractivity contribution < 1.29 is 9.59 Å². The highest BCUT2D eigenvalue weighted by Gasteiger charge is 2.14. The van der Waals surface area contributed by atoms with Crippen LogP contribution in [0.25, 0.3) is 0 Å². The van der Waals surface area contributed by atoms with Crippen LogP contribution in [-0.4, -0.2) is 26.4 Å². The number of hydrogen-bond acceptors (Lipinski definition) is 2. The van der Waals surface area contributed by atoms with E-state index in [-0.39, 0.29) is 5.91 Å². The number of benzene rings is 1. The molecule has 0 heterocycles. The summed E-state index contributed by atoms with van der Waals surface area (Å²) in [7, 11) is 3.37. The van der Waals surface area contributed by atoms with Crippen molar-refractivity contribution in [3.8, 4) is 0 Å². The van der Waals surface area contributed by atoms with Gasteiger partial charge in [-0.25, -0.2) is 0 Å². The van der Waals surface area contributed by atoms with Crippen LogP contribution in [0, 0.1) is 0 Å². The van der Waals surface area contributed by atoms with Gasteiger partial charge in [0.1, 0.15) is 0 Å². The first kappa shape index (κ1) is 12.2. The molecule has 0 unspecified atom stereocenters. The zero-order valence-electron chi connectivity index (χ0n) is 9.80. The quantitative estimate of drug-likeness (QED) is 0.724. The lowest BCUT2D eigenvalue weighted by atomic mass is 10.2. The minimum atomic E-state index is 0.0201. The Morgan fingerprint density at radius 1 is 1.25 bits per heavy atom. The fraction of sp³-hybridized carbons (Fsp3) is 0.333. The summed E-state index contributed by atoms with van der Waals surface area (Å²) in [6, 6.07) is 7.31. The smallest absolute Gasteiger partial charge is 0.226 e. The Balaban J connectivity index is 3.12. The molecule has 0 aliphatic heterocycles. The lowest BCUT2D eigenvalue weighted by Gasteiger charge is -2.23. The molecule has 2 amide bonds. The Morgan fingerprint density at radius 3 is 2.31 bits per heavy atom. The molecule has 4 heteroatoms. The highest BCUT2D eigenvalue weighted by Crippen LogP contribution is 2.27. The van der Waals surface area contributed by atoms with Gasteiger partial charge in [-0.05, 0) is 12.1 Å². The minimum Gasteiger partial charge on any atom is -0.316 e. The highest BCUT2D eigenvalue weighted by atomic mass is 16.2. The Labute approximate surface area is 95.5 Å². The topological polar surface area (TPSA) is 40.6 Å². The second-order valence-corrected chi connectivity index (χ2v) is 3.51. The number of para-hydroxylation sites is 2. The van der Waals surface area contributed by atoms with Crippen LogP contribution < -0.4 is 9.80 Å². The van der Waals surface area contributed by atoms with Crippen LogP contribution in [0.4, 0.5) is 11.4 Å². The van der Waals surface area contributed by atoms with E-state index in [1.165, 1.54) is 4.90 Å². The zero-order chi connectivity index (χ0) is 12.1. The molecule has 0 aliphatic rings. The summed E-state index contributed by atoms with van der Waals surface area (Å²) in [6.45, 7) is 1.81. The van der Waals surface area contributed by atoms with E-state index in [0.717, 1.165) is 17.8 Å². The standard InChI is InChI=1S/C12H16N2O2/c1-4-12(16)14(3)11-8-6-5-7-10(11)13(2)9-15/h5-9H,4H2,1-3H3. The van der Waals surface area contributed by atoms with Gasteiger partial charge in [0.2, 0.25) is 12.3 Å². The number of anilines is 2. The predicted octanol–water partition coefficient (Wildman–Crippen LogP) is 1.65. The molecular weight excluding hydrogens is 204 g/mol. The maximum absolute atomic E-state index is 11.6. The zero-order valence-corrected chi connectivity index (χ0v) is 9.80. The number of nitrogens with zero attached hydrogens (tertiary/aromatic N) is 2. The number of hydrogen-bond donors (Lipinski definition) is 0. The van der Waals surface area contributed by atoms with E-state index < -0.39 is 0 Å². The average Bonchev–Trinajstić information content (AvgIpc) is 2.35. The van der Waals surface area contributed by atoms with Gasteiger partial charge < -0.3 is 9.80 Å². The number of amides is 2.